The van der Waals surface area contributed by atoms with Gasteiger partial charge in [-0.05, 0) is 59.0 Å². The standard InChI is InChI=1S/C30H22N2O6S/c33-25(20-8-7-19-12-18-4-1-2-5-22(18)24(19)13-20)15-36-30(35)23-6-3-11-31-29(23)39-16-28(34)32-21-9-10-26-27(14-21)38-17-37-26/h1-11,13-14H,12,15-17H2,(H,32,34). The van der Waals surface area contributed by atoms with Gasteiger partial charge in [0.15, 0.2) is 23.9 Å². The highest BCUT2D eigenvalue weighted by Crippen LogP contribution is 2.37. The summed E-state index contributed by atoms with van der Waals surface area (Å²) in [5.74, 6) is -0.0506. The fourth-order valence-corrected chi connectivity index (χ4v) is 5.34. The highest BCUT2D eigenvalue weighted by atomic mass is 32.2. The minimum absolute atomic E-state index is 0.0151. The van der Waals surface area contributed by atoms with Crippen LogP contribution in [0.4, 0.5) is 5.69 Å². The van der Waals surface area contributed by atoms with Gasteiger partial charge in [0, 0.05) is 23.5 Å². The van der Waals surface area contributed by atoms with E-state index in [4.69, 9.17) is 14.2 Å². The van der Waals surface area contributed by atoms with Crippen molar-refractivity contribution >= 4 is 35.1 Å². The lowest BCUT2D eigenvalue weighted by Crippen LogP contribution is -2.16. The molecule has 39 heavy (non-hydrogen) atoms. The number of thioether (sulfide) groups is 1. The van der Waals surface area contributed by atoms with Gasteiger partial charge in [-0.2, -0.15) is 0 Å². The molecule has 0 fully saturated rings. The molecule has 2 aliphatic rings. The van der Waals surface area contributed by atoms with Crippen LogP contribution in [0, 0.1) is 0 Å². The van der Waals surface area contributed by atoms with Crippen LogP contribution in [0.25, 0.3) is 11.1 Å². The second-order valence-corrected chi connectivity index (χ2v) is 9.93. The van der Waals surface area contributed by atoms with E-state index in [1.807, 2.05) is 30.3 Å². The third-order valence-electron chi connectivity index (χ3n) is 6.44. The Morgan fingerprint density at radius 1 is 0.897 bits per heavy atom. The summed E-state index contributed by atoms with van der Waals surface area (Å²) in [6, 6.07) is 22.0. The number of carbonyl (C=O) groups is 3. The Labute approximate surface area is 228 Å². The lowest BCUT2D eigenvalue weighted by Gasteiger charge is -2.10. The molecule has 1 amide bonds. The number of esters is 1. The lowest BCUT2D eigenvalue weighted by molar-refractivity contribution is -0.113. The van der Waals surface area contributed by atoms with Gasteiger partial charge >= 0.3 is 5.97 Å². The number of nitrogens with zero attached hydrogens (tertiary/aromatic N) is 1. The van der Waals surface area contributed by atoms with Crippen molar-refractivity contribution in [3.63, 3.8) is 0 Å². The summed E-state index contributed by atoms with van der Waals surface area (Å²) in [4.78, 5) is 42.4. The van der Waals surface area contributed by atoms with Gasteiger partial charge in [-0.3, -0.25) is 9.59 Å². The number of hydrogen-bond acceptors (Lipinski definition) is 8. The predicted octanol–water partition coefficient (Wildman–Crippen LogP) is 5.15. The van der Waals surface area contributed by atoms with Crippen LogP contribution in [0.5, 0.6) is 11.5 Å². The second kappa shape index (κ2) is 10.6. The maximum atomic E-state index is 12.9. The quantitative estimate of drug-likeness (QED) is 0.164. The van der Waals surface area contributed by atoms with E-state index in [0.29, 0.717) is 27.8 Å². The Morgan fingerprint density at radius 3 is 2.67 bits per heavy atom. The molecule has 3 aromatic carbocycles. The average molecular weight is 539 g/mol. The number of aromatic nitrogens is 1. The Bertz CT molecular complexity index is 1620. The summed E-state index contributed by atoms with van der Waals surface area (Å²) < 4.78 is 16.0. The van der Waals surface area contributed by atoms with Crippen molar-refractivity contribution in [3.05, 3.63) is 101 Å². The third-order valence-corrected chi connectivity index (χ3v) is 7.45. The summed E-state index contributed by atoms with van der Waals surface area (Å²) in [7, 11) is 0. The predicted molar refractivity (Wildman–Crippen MR) is 145 cm³/mol. The molecular formula is C30H22N2O6S. The molecule has 0 saturated carbocycles. The zero-order chi connectivity index (χ0) is 26.8. The smallest absolute Gasteiger partial charge is 0.341 e. The number of Topliss-reactive ketones (excluding diaryl/α,β-unsaturated/α-hetero) is 1. The highest BCUT2D eigenvalue weighted by molar-refractivity contribution is 8.00. The molecule has 0 saturated heterocycles. The molecule has 2 heterocycles. The average Bonchev–Trinajstić information content (AvgIpc) is 3.58. The van der Waals surface area contributed by atoms with Crippen molar-refractivity contribution in [3.8, 4) is 22.6 Å². The summed E-state index contributed by atoms with van der Waals surface area (Å²) in [5, 5.41) is 3.13. The molecule has 1 aliphatic carbocycles. The molecule has 1 aromatic heterocycles. The first-order valence-corrected chi connectivity index (χ1v) is 13.2. The van der Waals surface area contributed by atoms with Crippen molar-refractivity contribution < 1.29 is 28.6 Å². The fraction of sp³-hybridized carbons (Fsp3) is 0.133. The number of benzene rings is 3. The Balaban J connectivity index is 1.06. The number of ketones is 1. The molecule has 4 aromatic rings. The van der Waals surface area contributed by atoms with Crippen molar-refractivity contribution in [2.75, 3.05) is 24.5 Å². The number of pyridine rings is 1. The largest absolute Gasteiger partial charge is 0.454 e. The minimum atomic E-state index is -0.679. The molecule has 0 atom stereocenters. The summed E-state index contributed by atoms with van der Waals surface area (Å²) >= 11 is 1.10. The molecule has 0 spiro atoms. The highest BCUT2D eigenvalue weighted by Gasteiger charge is 2.21. The molecular weight excluding hydrogens is 516 g/mol. The number of anilines is 1. The third kappa shape index (κ3) is 5.21. The number of ether oxygens (including phenoxy) is 3. The number of carbonyl (C=O) groups excluding carboxylic acids is 3. The monoisotopic (exact) mass is 538 g/mol. The van der Waals surface area contributed by atoms with Crippen molar-refractivity contribution in [2.45, 2.75) is 11.4 Å². The first-order valence-electron chi connectivity index (χ1n) is 12.2. The molecule has 8 nitrogen and oxygen atoms in total. The van der Waals surface area contributed by atoms with Gasteiger partial charge < -0.3 is 19.5 Å². The number of fused-ring (bicyclic) bond motifs is 4. The van der Waals surface area contributed by atoms with Gasteiger partial charge in [0.05, 0.1) is 11.3 Å². The van der Waals surface area contributed by atoms with Crippen LogP contribution < -0.4 is 14.8 Å². The van der Waals surface area contributed by atoms with E-state index in [2.05, 4.69) is 16.4 Å². The number of rotatable bonds is 8. The van der Waals surface area contributed by atoms with Gasteiger partial charge in [-0.1, -0.05) is 48.2 Å². The first-order chi connectivity index (χ1) is 19.0. The van der Waals surface area contributed by atoms with E-state index in [1.54, 1.807) is 36.4 Å². The van der Waals surface area contributed by atoms with Crippen LogP contribution in [0.15, 0.2) is 84.0 Å². The van der Waals surface area contributed by atoms with Gasteiger partial charge in [-0.15, -0.1) is 0 Å². The van der Waals surface area contributed by atoms with Gasteiger partial charge in [-0.25, -0.2) is 9.78 Å². The van der Waals surface area contributed by atoms with Crippen LogP contribution in [0.2, 0.25) is 0 Å². The van der Waals surface area contributed by atoms with Gasteiger partial charge in [0.25, 0.3) is 0 Å². The van der Waals surface area contributed by atoms with Crippen LogP contribution in [0.3, 0.4) is 0 Å². The number of nitrogens with one attached hydrogen (secondary N) is 1. The Hall–Kier alpha value is -4.63. The van der Waals surface area contributed by atoms with Crippen LogP contribution >= 0.6 is 11.8 Å². The van der Waals surface area contributed by atoms with E-state index >= 15 is 0 Å². The first kappa shape index (κ1) is 24.7. The molecule has 1 aliphatic heterocycles. The van der Waals surface area contributed by atoms with E-state index in [0.717, 1.165) is 29.3 Å². The molecule has 9 heteroatoms. The van der Waals surface area contributed by atoms with E-state index < -0.39 is 12.6 Å². The summed E-state index contributed by atoms with van der Waals surface area (Å²) in [6.45, 7) is -0.253. The SMILES string of the molecule is O=C(CSc1ncccc1C(=O)OCC(=O)c1ccc2c(c1)-c1ccccc1C2)Nc1ccc2c(c1)OCO2. The molecule has 194 valence electrons. The van der Waals surface area contributed by atoms with Gasteiger partial charge in [0.1, 0.15) is 5.03 Å². The fourth-order valence-electron chi connectivity index (χ4n) is 4.56. The van der Waals surface area contributed by atoms with Crippen molar-refractivity contribution in [2.24, 2.45) is 0 Å². The van der Waals surface area contributed by atoms with E-state index in [-0.39, 0.29) is 29.8 Å². The second-order valence-electron chi connectivity index (χ2n) is 8.97. The Morgan fingerprint density at radius 2 is 1.74 bits per heavy atom. The summed E-state index contributed by atoms with van der Waals surface area (Å²) in [6.07, 6.45) is 2.37. The Kier molecular flexibility index (Phi) is 6.73. The lowest BCUT2D eigenvalue weighted by atomic mass is 10.0. The number of amides is 1. The van der Waals surface area contributed by atoms with E-state index in [1.165, 1.54) is 17.3 Å². The maximum absolute atomic E-state index is 12.9. The van der Waals surface area contributed by atoms with Crippen LogP contribution in [-0.4, -0.2) is 41.8 Å². The zero-order valence-corrected chi connectivity index (χ0v) is 21.5. The normalized spacial score (nSPS) is 12.4. The summed E-state index contributed by atoms with van der Waals surface area (Å²) in [5.41, 5.74) is 5.80. The van der Waals surface area contributed by atoms with Crippen LogP contribution in [0.1, 0.15) is 31.8 Å². The van der Waals surface area contributed by atoms with E-state index in [9.17, 15) is 14.4 Å². The molecule has 1 N–H and O–H groups in total. The molecule has 0 bridgehead atoms. The zero-order valence-electron chi connectivity index (χ0n) is 20.6. The minimum Gasteiger partial charge on any atom is -0.454 e. The molecule has 0 unspecified atom stereocenters. The molecule has 6 rings (SSSR count). The maximum Gasteiger partial charge on any atom is 0.341 e. The van der Waals surface area contributed by atoms with Crippen molar-refractivity contribution in [1.82, 2.24) is 4.98 Å². The van der Waals surface area contributed by atoms with Crippen LogP contribution in [-0.2, 0) is 16.0 Å². The molecule has 0 radical (unpaired) electrons. The van der Waals surface area contributed by atoms with Gasteiger partial charge in [0.2, 0.25) is 12.7 Å². The van der Waals surface area contributed by atoms with Crippen molar-refractivity contribution in [1.29, 1.82) is 0 Å². The topological polar surface area (TPSA) is 104 Å². The number of hydrogen-bond donors (Lipinski definition) is 1.